The SMILES string of the molecule is C=CC[C@@]1(O[Si](C)(C)C(C)(C)C)CCCC[C@H]1C=C. The van der Waals surface area contributed by atoms with Gasteiger partial charge in [0.05, 0.1) is 5.60 Å². The molecule has 1 nitrogen and oxygen atoms in total. The standard InChI is InChI=1S/C17H32OSi/c1-8-13-17(14-11-10-12-15(17)9-2)18-19(6,7)16(3,4)5/h8-9,15H,1-2,10-14H2,3-7H3/t15-,17-/m1/s1. The predicted octanol–water partition coefficient (Wildman–Crippen LogP) is 5.70. The summed E-state index contributed by atoms with van der Waals surface area (Å²) in [5, 5.41) is 0.254. The summed E-state index contributed by atoms with van der Waals surface area (Å²) >= 11 is 0. The first-order chi connectivity index (χ1) is 8.68. The Kier molecular flexibility index (Phi) is 5.25. The van der Waals surface area contributed by atoms with E-state index in [2.05, 4.69) is 53.1 Å². The highest BCUT2D eigenvalue weighted by Gasteiger charge is 2.47. The van der Waals surface area contributed by atoms with Gasteiger partial charge in [-0.3, -0.25) is 0 Å². The van der Waals surface area contributed by atoms with Crippen LogP contribution < -0.4 is 0 Å². The van der Waals surface area contributed by atoms with E-state index in [1.165, 1.54) is 19.3 Å². The van der Waals surface area contributed by atoms with Gasteiger partial charge in [0.25, 0.3) is 0 Å². The van der Waals surface area contributed by atoms with Crippen LogP contribution in [0.5, 0.6) is 0 Å². The van der Waals surface area contributed by atoms with Crippen molar-refractivity contribution in [3.63, 3.8) is 0 Å². The van der Waals surface area contributed by atoms with Gasteiger partial charge < -0.3 is 4.43 Å². The van der Waals surface area contributed by atoms with Crippen molar-refractivity contribution in [2.45, 2.75) is 76.6 Å². The summed E-state index contributed by atoms with van der Waals surface area (Å²) in [6.07, 6.45) is 10.1. The number of hydrogen-bond acceptors (Lipinski definition) is 1. The predicted molar refractivity (Wildman–Crippen MR) is 88.0 cm³/mol. The molecule has 19 heavy (non-hydrogen) atoms. The zero-order chi connectivity index (χ0) is 14.7. The van der Waals surface area contributed by atoms with Crippen LogP contribution in [-0.2, 0) is 4.43 Å². The number of rotatable bonds is 5. The number of hydrogen-bond donors (Lipinski definition) is 0. The molecule has 2 atom stereocenters. The van der Waals surface area contributed by atoms with Gasteiger partial charge in [-0.25, -0.2) is 0 Å². The largest absolute Gasteiger partial charge is 0.410 e. The molecule has 0 N–H and O–H groups in total. The summed E-state index contributed by atoms with van der Waals surface area (Å²) in [4.78, 5) is 0. The minimum atomic E-state index is -1.76. The Morgan fingerprint density at radius 1 is 1.26 bits per heavy atom. The highest BCUT2D eigenvalue weighted by molar-refractivity contribution is 6.74. The molecule has 1 fully saturated rings. The summed E-state index contributed by atoms with van der Waals surface area (Å²) < 4.78 is 6.87. The molecule has 0 radical (unpaired) electrons. The smallest absolute Gasteiger partial charge is 0.192 e. The van der Waals surface area contributed by atoms with Crippen LogP contribution in [0.3, 0.4) is 0 Å². The summed E-state index contributed by atoms with van der Waals surface area (Å²) in [6, 6.07) is 0. The maximum Gasteiger partial charge on any atom is 0.192 e. The van der Waals surface area contributed by atoms with Gasteiger partial charge in [0.2, 0.25) is 0 Å². The zero-order valence-corrected chi connectivity index (χ0v) is 14.6. The first-order valence-electron chi connectivity index (χ1n) is 7.62. The minimum Gasteiger partial charge on any atom is -0.410 e. The Labute approximate surface area is 121 Å². The minimum absolute atomic E-state index is 0.0370. The van der Waals surface area contributed by atoms with Gasteiger partial charge in [0, 0.05) is 5.92 Å². The van der Waals surface area contributed by atoms with Crippen molar-refractivity contribution < 1.29 is 4.43 Å². The van der Waals surface area contributed by atoms with Crippen LogP contribution in [0.2, 0.25) is 18.1 Å². The monoisotopic (exact) mass is 280 g/mol. The van der Waals surface area contributed by atoms with Gasteiger partial charge in [0.1, 0.15) is 0 Å². The second-order valence-corrected chi connectivity index (χ2v) is 12.2. The molecule has 0 aromatic carbocycles. The van der Waals surface area contributed by atoms with E-state index in [9.17, 15) is 0 Å². The highest BCUT2D eigenvalue weighted by Crippen LogP contribution is 2.47. The van der Waals surface area contributed by atoms with E-state index < -0.39 is 8.32 Å². The molecule has 2 heteroatoms. The van der Waals surface area contributed by atoms with Crippen molar-refractivity contribution in [3.05, 3.63) is 25.3 Å². The molecular weight excluding hydrogens is 248 g/mol. The quantitative estimate of drug-likeness (QED) is 0.463. The van der Waals surface area contributed by atoms with Crippen LogP contribution in [-0.4, -0.2) is 13.9 Å². The molecule has 0 heterocycles. The van der Waals surface area contributed by atoms with Crippen molar-refractivity contribution in [1.82, 2.24) is 0 Å². The fourth-order valence-electron chi connectivity index (χ4n) is 2.90. The van der Waals surface area contributed by atoms with Crippen molar-refractivity contribution in [1.29, 1.82) is 0 Å². The van der Waals surface area contributed by atoms with Gasteiger partial charge in [-0.05, 0) is 37.4 Å². The van der Waals surface area contributed by atoms with Gasteiger partial charge >= 0.3 is 0 Å². The molecule has 110 valence electrons. The van der Waals surface area contributed by atoms with E-state index in [1.54, 1.807) is 0 Å². The molecule has 1 saturated carbocycles. The Morgan fingerprint density at radius 3 is 2.37 bits per heavy atom. The topological polar surface area (TPSA) is 9.23 Å². The first kappa shape index (κ1) is 16.7. The van der Waals surface area contributed by atoms with Gasteiger partial charge in [-0.2, -0.15) is 0 Å². The molecule has 0 spiro atoms. The van der Waals surface area contributed by atoms with Crippen LogP contribution in [0.25, 0.3) is 0 Å². The molecule has 0 bridgehead atoms. The lowest BCUT2D eigenvalue weighted by atomic mass is 9.73. The Balaban J connectivity index is 3.05. The van der Waals surface area contributed by atoms with E-state index in [0.717, 1.165) is 12.8 Å². The normalized spacial score (nSPS) is 29.0. The zero-order valence-electron chi connectivity index (χ0n) is 13.6. The third kappa shape index (κ3) is 3.60. The van der Waals surface area contributed by atoms with Gasteiger partial charge in [0.15, 0.2) is 8.32 Å². The fraction of sp³-hybridized carbons (Fsp3) is 0.765. The van der Waals surface area contributed by atoms with Crippen molar-refractivity contribution in [3.8, 4) is 0 Å². The second-order valence-electron chi connectivity index (χ2n) is 7.51. The van der Waals surface area contributed by atoms with Crippen molar-refractivity contribution in [2.75, 3.05) is 0 Å². The Hall–Kier alpha value is -0.343. The lowest BCUT2D eigenvalue weighted by Gasteiger charge is -2.50. The molecule has 0 aliphatic heterocycles. The third-order valence-corrected chi connectivity index (χ3v) is 9.61. The van der Waals surface area contributed by atoms with Crippen LogP contribution in [0.15, 0.2) is 25.3 Å². The van der Waals surface area contributed by atoms with Crippen molar-refractivity contribution in [2.24, 2.45) is 5.92 Å². The van der Waals surface area contributed by atoms with E-state index in [1.807, 2.05) is 6.08 Å². The summed E-state index contributed by atoms with van der Waals surface area (Å²) in [7, 11) is -1.76. The lowest BCUT2D eigenvalue weighted by molar-refractivity contribution is -0.0143. The highest BCUT2D eigenvalue weighted by atomic mass is 28.4. The second kappa shape index (κ2) is 5.97. The molecule has 0 aromatic rings. The van der Waals surface area contributed by atoms with E-state index >= 15 is 0 Å². The maximum atomic E-state index is 6.87. The molecule has 1 aliphatic carbocycles. The average Bonchev–Trinajstić information content (AvgIpc) is 2.27. The maximum absolute atomic E-state index is 6.87. The lowest BCUT2D eigenvalue weighted by Crippen LogP contribution is -2.53. The summed E-state index contributed by atoms with van der Waals surface area (Å²) in [5.74, 6) is 0.480. The molecule has 0 amide bonds. The van der Waals surface area contributed by atoms with Gasteiger partial charge in [-0.1, -0.05) is 45.8 Å². The average molecular weight is 281 g/mol. The molecule has 0 unspecified atom stereocenters. The molecular formula is C17H32OSi. The Morgan fingerprint density at radius 2 is 1.89 bits per heavy atom. The summed E-state index contributed by atoms with van der Waals surface area (Å²) in [6.45, 7) is 19.7. The van der Waals surface area contributed by atoms with Crippen molar-refractivity contribution >= 4 is 8.32 Å². The van der Waals surface area contributed by atoms with Crippen LogP contribution in [0.4, 0.5) is 0 Å². The molecule has 0 saturated heterocycles. The van der Waals surface area contributed by atoms with Crippen LogP contribution >= 0.6 is 0 Å². The first-order valence-corrected chi connectivity index (χ1v) is 10.5. The molecule has 1 aliphatic rings. The van der Waals surface area contributed by atoms with E-state index in [-0.39, 0.29) is 10.6 Å². The van der Waals surface area contributed by atoms with E-state index in [4.69, 9.17) is 4.43 Å². The fourth-order valence-corrected chi connectivity index (χ4v) is 4.56. The molecule has 1 rings (SSSR count). The van der Waals surface area contributed by atoms with Crippen LogP contribution in [0, 0.1) is 5.92 Å². The third-order valence-electron chi connectivity index (χ3n) is 5.08. The summed E-state index contributed by atoms with van der Waals surface area (Å²) in [5.41, 5.74) is -0.0370. The van der Waals surface area contributed by atoms with Crippen LogP contribution in [0.1, 0.15) is 52.9 Å². The Bertz CT molecular complexity index is 327. The van der Waals surface area contributed by atoms with Gasteiger partial charge in [-0.15, -0.1) is 13.2 Å². The molecule has 0 aromatic heterocycles. The van der Waals surface area contributed by atoms with E-state index in [0.29, 0.717) is 5.92 Å².